The maximum absolute atomic E-state index is 12.6. The highest BCUT2D eigenvalue weighted by atomic mass is 16.5. The number of amides is 1. The van der Waals surface area contributed by atoms with Crippen LogP contribution in [0.15, 0.2) is 48.5 Å². The average molecular weight is 409 g/mol. The van der Waals surface area contributed by atoms with E-state index in [-0.39, 0.29) is 24.9 Å². The summed E-state index contributed by atoms with van der Waals surface area (Å²) in [5.41, 5.74) is 3.73. The van der Waals surface area contributed by atoms with Crippen LogP contribution in [0.2, 0.25) is 0 Å². The lowest BCUT2D eigenvalue weighted by molar-refractivity contribution is -0.138. The highest BCUT2D eigenvalue weighted by Crippen LogP contribution is 2.44. The molecule has 0 spiro atoms. The maximum atomic E-state index is 12.6. The van der Waals surface area contributed by atoms with Gasteiger partial charge in [-0.3, -0.25) is 4.79 Å². The first-order valence-corrected chi connectivity index (χ1v) is 10.4. The zero-order chi connectivity index (χ0) is 21.1. The Morgan fingerprint density at radius 2 is 1.77 bits per heavy atom. The summed E-state index contributed by atoms with van der Waals surface area (Å²) in [7, 11) is 0. The van der Waals surface area contributed by atoms with E-state index in [0.717, 1.165) is 17.5 Å². The molecule has 2 unspecified atom stereocenters. The summed E-state index contributed by atoms with van der Waals surface area (Å²) in [6.45, 7) is 3.25. The van der Waals surface area contributed by atoms with E-state index >= 15 is 0 Å². The van der Waals surface area contributed by atoms with Crippen LogP contribution in [0.4, 0.5) is 4.79 Å². The fraction of sp³-hybridized carbons (Fsp3) is 0.417. The van der Waals surface area contributed by atoms with Gasteiger partial charge in [-0.25, -0.2) is 4.79 Å². The van der Waals surface area contributed by atoms with Crippen LogP contribution in [-0.2, 0) is 14.3 Å². The molecule has 2 aliphatic rings. The molecular formula is C24H27NO5. The standard InChI is InChI=1S/C24H27NO5/c1-24(13-22(26)27,12-16-10-11-29-14-16)25-23(28)30-15-21-19-8-4-2-6-17(19)18-7-3-5-9-20(18)21/h2-9,16,21H,10-15H2,1H3,(H,25,28)(H,26,27). The topological polar surface area (TPSA) is 84.9 Å². The second-order valence-electron chi connectivity index (χ2n) is 8.52. The Kier molecular flexibility index (Phi) is 5.77. The van der Waals surface area contributed by atoms with Gasteiger partial charge in [0.2, 0.25) is 0 Å². The van der Waals surface area contributed by atoms with Crippen LogP contribution in [0.5, 0.6) is 0 Å². The van der Waals surface area contributed by atoms with E-state index in [1.165, 1.54) is 11.1 Å². The zero-order valence-corrected chi connectivity index (χ0v) is 17.1. The summed E-state index contributed by atoms with van der Waals surface area (Å²) >= 11 is 0. The predicted molar refractivity (Wildman–Crippen MR) is 112 cm³/mol. The summed E-state index contributed by atoms with van der Waals surface area (Å²) in [5.74, 6) is -0.740. The maximum Gasteiger partial charge on any atom is 0.407 e. The van der Waals surface area contributed by atoms with E-state index in [9.17, 15) is 14.7 Å². The quantitative estimate of drug-likeness (QED) is 0.716. The molecule has 0 radical (unpaired) electrons. The van der Waals surface area contributed by atoms with Gasteiger partial charge in [0.15, 0.2) is 0 Å². The number of benzene rings is 2. The smallest absolute Gasteiger partial charge is 0.407 e. The first kappa shape index (κ1) is 20.4. The van der Waals surface area contributed by atoms with Gasteiger partial charge in [0, 0.05) is 19.1 Å². The second kappa shape index (κ2) is 8.48. The lowest BCUT2D eigenvalue weighted by Gasteiger charge is -2.31. The molecule has 1 aliphatic heterocycles. The monoisotopic (exact) mass is 409 g/mol. The number of hydrogen-bond acceptors (Lipinski definition) is 4. The number of nitrogens with one attached hydrogen (secondary N) is 1. The number of hydrogen-bond donors (Lipinski definition) is 2. The largest absolute Gasteiger partial charge is 0.481 e. The summed E-state index contributed by atoms with van der Waals surface area (Å²) in [6.07, 6.45) is 0.679. The van der Waals surface area contributed by atoms with E-state index in [2.05, 4.69) is 29.6 Å². The minimum atomic E-state index is -0.949. The molecule has 30 heavy (non-hydrogen) atoms. The predicted octanol–water partition coefficient (Wildman–Crippen LogP) is 4.19. The number of aliphatic carboxylic acids is 1. The third kappa shape index (κ3) is 4.33. The van der Waals surface area contributed by atoms with Crippen molar-refractivity contribution in [2.75, 3.05) is 19.8 Å². The van der Waals surface area contributed by atoms with Crippen LogP contribution in [0, 0.1) is 5.92 Å². The summed E-state index contributed by atoms with van der Waals surface area (Å²) in [6, 6.07) is 16.3. The average Bonchev–Trinajstić information content (AvgIpc) is 3.31. The van der Waals surface area contributed by atoms with Crippen molar-refractivity contribution < 1.29 is 24.2 Å². The summed E-state index contributed by atoms with van der Waals surface area (Å²) < 4.78 is 11.0. The van der Waals surface area contributed by atoms with Gasteiger partial charge in [0.1, 0.15) is 6.61 Å². The van der Waals surface area contributed by atoms with Gasteiger partial charge >= 0.3 is 12.1 Å². The molecule has 0 bridgehead atoms. The van der Waals surface area contributed by atoms with Crippen LogP contribution >= 0.6 is 0 Å². The molecular weight excluding hydrogens is 382 g/mol. The molecule has 0 aromatic heterocycles. The Bertz CT molecular complexity index is 891. The summed E-state index contributed by atoms with van der Waals surface area (Å²) in [5, 5.41) is 12.2. The first-order valence-electron chi connectivity index (χ1n) is 10.4. The SMILES string of the molecule is CC(CC(=O)O)(CC1CCOC1)NC(=O)OCC1c2ccccc2-c2ccccc21. The van der Waals surface area contributed by atoms with E-state index in [0.29, 0.717) is 19.6 Å². The fourth-order valence-corrected chi connectivity index (χ4v) is 4.76. The number of carbonyl (C=O) groups is 2. The highest BCUT2D eigenvalue weighted by molar-refractivity contribution is 5.79. The van der Waals surface area contributed by atoms with Crippen molar-refractivity contribution >= 4 is 12.1 Å². The molecule has 6 nitrogen and oxygen atoms in total. The zero-order valence-electron chi connectivity index (χ0n) is 17.1. The van der Waals surface area contributed by atoms with Crippen molar-refractivity contribution in [3.63, 3.8) is 0 Å². The number of ether oxygens (including phenoxy) is 2. The molecule has 4 rings (SSSR count). The van der Waals surface area contributed by atoms with E-state index in [1.54, 1.807) is 6.92 Å². The molecule has 2 N–H and O–H groups in total. The molecule has 2 atom stereocenters. The molecule has 158 valence electrons. The van der Waals surface area contributed by atoms with Gasteiger partial charge < -0.3 is 19.9 Å². The number of carboxylic acid groups (broad SMARTS) is 1. The van der Waals surface area contributed by atoms with Crippen molar-refractivity contribution in [2.24, 2.45) is 5.92 Å². The highest BCUT2D eigenvalue weighted by Gasteiger charge is 2.35. The van der Waals surface area contributed by atoms with Crippen molar-refractivity contribution in [3.05, 3.63) is 59.7 Å². The van der Waals surface area contributed by atoms with Crippen molar-refractivity contribution in [2.45, 2.75) is 37.6 Å². The van der Waals surface area contributed by atoms with Crippen molar-refractivity contribution in [3.8, 4) is 11.1 Å². The van der Waals surface area contributed by atoms with Gasteiger partial charge in [-0.1, -0.05) is 48.5 Å². The third-order valence-electron chi connectivity index (χ3n) is 6.05. The Morgan fingerprint density at radius 1 is 1.13 bits per heavy atom. The third-order valence-corrected chi connectivity index (χ3v) is 6.05. The minimum absolute atomic E-state index is 0.0305. The Labute approximate surface area is 176 Å². The van der Waals surface area contributed by atoms with E-state index in [4.69, 9.17) is 9.47 Å². The minimum Gasteiger partial charge on any atom is -0.481 e. The Balaban J connectivity index is 1.44. The molecule has 1 saturated heterocycles. The van der Waals surface area contributed by atoms with Gasteiger partial charge in [0.05, 0.1) is 12.0 Å². The molecule has 1 fully saturated rings. The first-order chi connectivity index (χ1) is 14.5. The normalized spacial score (nSPS) is 19.6. The number of alkyl carbamates (subject to hydrolysis) is 1. The molecule has 2 aromatic rings. The fourth-order valence-electron chi connectivity index (χ4n) is 4.76. The van der Waals surface area contributed by atoms with Gasteiger partial charge in [-0.2, -0.15) is 0 Å². The summed E-state index contributed by atoms with van der Waals surface area (Å²) in [4.78, 5) is 24.0. The number of rotatable bonds is 7. The molecule has 0 saturated carbocycles. The number of fused-ring (bicyclic) bond motifs is 3. The van der Waals surface area contributed by atoms with Crippen molar-refractivity contribution in [1.82, 2.24) is 5.32 Å². The number of carboxylic acids is 1. The lowest BCUT2D eigenvalue weighted by Crippen LogP contribution is -2.49. The van der Waals surface area contributed by atoms with Crippen LogP contribution in [0.1, 0.15) is 43.2 Å². The van der Waals surface area contributed by atoms with E-state index in [1.807, 2.05) is 24.3 Å². The van der Waals surface area contributed by atoms with Crippen LogP contribution < -0.4 is 5.32 Å². The van der Waals surface area contributed by atoms with Crippen LogP contribution in [-0.4, -0.2) is 42.5 Å². The Hall–Kier alpha value is -2.86. The van der Waals surface area contributed by atoms with Crippen LogP contribution in [0.25, 0.3) is 11.1 Å². The van der Waals surface area contributed by atoms with Gasteiger partial charge in [-0.05, 0) is 47.9 Å². The Morgan fingerprint density at radius 3 is 2.33 bits per heavy atom. The van der Waals surface area contributed by atoms with Gasteiger partial charge in [0.25, 0.3) is 0 Å². The molecule has 1 aliphatic carbocycles. The number of carbonyl (C=O) groups excluding carboxylic acids is 1. The molecule has 6 heteroatoms. The van der Waals surface area contributed by atoms with Gasteiger partial charge in [-0.15, -0.1) is 0 Å². The van der Waals surface area contributed by atoms with E-state index < -0.39 is 17.6 Å². The molecule has 2 aromatic carbocycles. The lowest BCUT2D eigenvalue weighted by atomic mass is 9.86. The molecule has 1 amide bonds. The molecule has 1 heterocycles. The second-order valence-corrected chi connectivity index (χ2v) is 8.52. The van der Waals surface area contributed by atoms with Crippen LogP contribution in [0.3, 0.4) is 0 Å². The van der Waals surface area contributed by atoms with Crippen molar-refractivity contribution in [1.29, 1.82) is 0 Å².